The Morgan fingerprint density at radius 1 is 1.45 bits per heavy atom. The summed E-state index contributed by atoms with van der Waals surface area (Å²) in [5.41, 5.74) is 6.35. The molecule has 20 heavy (non-hydrogen) atoms. The fourth-order valence-electron chi connectivity index (χ4n) is 1.46. The Bertz CT molecular complexity index is 683. The van der Waals surface area contributed by atoms with Crippen molar-refractivity contribution >= 4 is 43.9 Å². The summed E-state index contributed by atoms with van der Waals surface area (Å²) in [6.07, 6.45) is 1.64. The molecule has 0 fully saturated rings. The quantitative estimate of drug-likeness (QED) is 0.628. The van der Waals surface area contributed by atoms with Crippen LogP contribution in [-0.2, 0) is 10.0 Å². The molecular weight excluding hydrogens is 314 g/mol. The van der Waals surface area contributed by atoms with E-state index in [9.17, 15) is 8.42 Å². The number of thiazole rings is 1. The molecule has 0 unspecified atom stereocenters. The second-order valence-electron chi connectivity index (χ2n) is 4.12. The summed E-state index contributed by atoms with van der Waals surface area (Å²) < 4.78 is 26.2. The van der Waals surface area contributed by atoms with Gasteiger partial charge < -0.3 is 5.73 Å². The number of rotatable bonds is 6. The smallest absolute Gasteiger partial charge is 0.235 e. The van der Waals surface area contributed by atoms with Gasteiger partial charge in [-0.3, -0.25) is 4.72 Å². The minimum absolute atomic E-state index is 0.0328. The predicted octanol–water partition coefficient (Wildman–Crippen LogP) is 2.57. The van der Waals surface area contributed by atoms with Crippen molar-refractivity contribution in [3.8, 4) is 0 Å². The van der Waals surface area contributed by atoms with Gasteiger partial charge in [0, 0.05) is 27.4 Å². The van der Waals surface area contributed by atoms with E-state index in [2.05, 4.69) is 9.71 Å². The minimum Gasteiger partial charge on any atom is -0.399 e. The van der Waals surface area contributed by atoms with E-state index in [-0.39, 0.29) is 5.75 Å². The molecule has 1 aromatic heterocycles. The Labute approximate surface area is 126 Å². The average Bonchev–Trinajstić information content (AvgIpc) is 2.73. The van der Waals surface area contributed by atoms with Gasteiger partial charge in [0.15, 0.2) is 5.13 Å². The number of sulfonamides is 1. The molecule has 0 atom stereocenters. The maximum Gasteiger partial charge on any atom is 0.235 e. The lowest BCUT2D eigenvalue weighted by molar-refractivity contribution is 0.602. The molecule has 0 radical (unpaired) electrons. The van der Waals surface area contributed by atoms with Crippen LogP contribution in [0, 0.1) is 6.92 Å². The van der Waals surface area contributed by atoms with Gasteiger partial charge in [0.1, 0.15) is 0 Å². The predicted molar refractivity (Wildman–Crippen MR) is 85.8 cm³/mol. The first kappa shape index (κ1) is 15.1. The fourth-order valence-corrected chi connectivity index (χ4v) is 4.78. The van der Waals surface area contributed by atoms with Crippen molar-refractivity contribution in [1.29, 1.82) is 0 Å². The van der Waals surface area contributed by atoms with Crippen LogP contribution in [-0.4, -0.2) is 24.9 Å². The summed E-state index contributed by atoms with van der Waals surface area (Å²) in [6, 6.07) is 7.38. The normalized spacial score (nSPS) is 11.4. The monoisotopic (exact) mass is 329 g/mol. The lowest BCUT2D eigenvalue weighted by Crippen LogP contribution is -2.17. The molecule has 0 spiro atoms. The van der Waals surface area contributed by atoms with E-state index in [4.69, 9.17) is 5.73 Å². The molecule has 5 nitrogen and oxygen atoms in total. The molecule has 0 saturated heterocycles. The summed E-state index contributed by atoms with van der Waals surface area (Å²) in [5, 5.41) is 0.413. The summed E-state index contributed by atoms with van der Waals surface area (Å²) in [4.78, 5) is 5.92. The Balaban J connectivity index is 1.86. The highest BCUT2D eigenvalue weighted by molar-refractivity contribution is 8.01. The zero-order valence-corrected chi connectivity index (χ0v) is 13.3. The van der Waals surface area contributed by atoms with Crippen LogP contribution in [0.4, 0.5) is 10.8 Å². The number of anilines is 2. The van der Waals surface area contributed by atoms with Gasteiger partial charge in [0.2, 0.25) is 10.0 Å². The van der Waals surface area contributed by atoms with Crippen LogP contribution in [0.1, 0.15) is 4.88 Å². The Kier molecular flexibility index (Phi) is 4.90. The Hall–Kier alpha value is -1.25. The number of hydrogen-bond acceptors (Lipinski definition) is 6. The first-order valence-corrected chi connectivity index (χ1v) is 9.31. The number of aryl methyl sites for hydroxylation is 1. The maximum atomic E-state index is 11.9. The van der Waals surface area contributed by atoms with Gasteiger partial charge in [-0.25, -0.2) is 13.4 Å². The van der Waals surface area contributed by atoms with Gasteiger partial charge in [0.25, 0.3) is 0 Å². The van der Waals surface area contributed by atoms with Crippen molar-refractivity contribution in [2.75, 3.05) is 22.0 Å². The van der Waals surface area contributed by atoms with Gasteiger partial charge in [-0.05, 0) is 25.1 Å². The minimum atomic E-state index is -3.36. The molecule has 1 heterocycles. The molecule has 3 N–H and O–H groups in total. The number of nitrogens with two attached hydrogens (primary N) is 1. The lowest BCUT2D eigenvalue weighted by atomic mass is 10.3. The summed E-state index contributed by atoms with van der Waals surface area (Å²) in [7, 11) is -3.36. The van der Waals surface area contributed by atoms with Gasteiger partial charge in [-0.15, -0.1) is 23.1 Å². The molecule has 108 valence electrons. The van der Waals surface area contributed by atoms with E-state index in [1.165, 1.54) is 23.1 Å². The SMILES string of the molecule is Cc1cnc(NS(=O)(=O)CCSc2cccc(N)c2)s1. The van der Waals surface area contributed by atoms with E-state index < -0.39 is 10.0 Å². The molecule has 0 aliphatic heterocycles. The molecule has 1 aromatic carbocycles. The van der Waals surface area contributed by atoms with E-state index in [0.29, 0.717) is 16.6 Å². The lowest BCUT2D eigenvalue weighted by Gasteiger charge is -2.05. The molecule has 0 saturated carbocycles. The fraction of sp³-hybridized carbons (Fsp3) is 0.250. The van der Waals surface area contributed by atoms with Gasteiger partial charge in [-0.2, -0.15) is 0 Å². The van der Waals surface area contributed by atoms with E-state index in [0.717, 1.165) is 9.77 Å². The van der Waals surface area contributed by atoms with Crippen LogP contribution in [0.15, 0.2) is 35.4 Å². The molecular formula is C12H15N3O2S3. The zero-order valence-electron chi connectivity index (χ0n) is 10.9. The van der Waals surface area contributed by atoms with E-state index in [1.54, 1.807) is 12.3 Å². The number of nitrogens with one attached hydrogen (secondary N) is 1. The first-order valence-electron chi connectivity index (χ1n) is 5.86. The van der Waals surface area contributed by atoms with Crippen LogP contribution < -0.4 is 10.5 Å². The van der Waals surface area contributed by atoms with E-state index >= 15 is 0 Å². The van der Waals surface area contributed by atoms with Crippen LogP contribution in [0.2, 0.25) is 0 Å². The topological polar surface area (TPSA) is 85.1 Å². The molecule has 0 bridgehead atoms. The Morgan fingerprint density at radius 3 is 2.90 bits per heavy atom. The second kappa shape index (κ2) is 6.47. The molecule has 2 rings (SSSR count). The van der Waals surface area contributed by atoms with Crippen molar-refractivity contribution in [3.63, 3.8) is 0 Å². The number of nitrogen functional groups attached to an aromatic ring is 1. The highest BCUT2D eigenvalue weighted by Gasteiger charge is 2.12. The third-order valence-electron chi connectivity index (χ3n) is 2.34. The van der Waals surface area contributed by atoms with E-state index in [1.807, 2.05) is 25.1 Å². The van der Waals surface area contributed by atoms with Crippen LogP contribution in [0.5, 0.6) is 0 Å². The maximum absolute atomic E-state index is 11.9. The van der Waals surface area contributed by atoms with Crippen LogP contribution in [0.25, 0.3) is 0 Å². The molecule has 0 aliphatic rings. The van der Waals surface area contributed by atoms with Gasteiger partial charge in [0.05, 0.1) is 5.75 Å². The van der Waals surface area contributed by atoms with Crippen LogP contribution in [0.3, 0.4) is 0 Å². The van der Waals surface area contributed by atoms with Crippen LogP contribution >= 0.6 is 23.1 Å². The summed E-state index contributed by atoms with van der Waals surface area (Å²) in [5.74, 6) is 0.494. The first-order chi connectivity index (χ1) is 9.44. The highest BCUT2D eigenvalue weighted by Crippen LogP contribution is 2.21. The number of hydrogen-bond donors (Lipinski definition) is 2. The third-order valence-corrected chi connectivity index (χ3v) is 5.80. The van der Waals surface area contributed by atoms with Crippen molar-refractivity contribution in [2.45, 2.75) is 11.8 Å². The van der Waals surface area contributed by atoms with Crippen molar-refractivity contribution in [2.24, 2.45) is 0 Å². The number of thioether (sulfide) groups is 1. The third kappa shape index (κ3) is 4.69. The molecule has 0 aliphatic carbocycles. The second-order valence-corrected chi connectivity index (χ2v) is 8.36. The van der Waals surface area contributed by atoms with Crippen molar-refractivity contribution < 1.29 is 8.42 Å². The number of nitrogens with zero attached hydrogens (tertiary/aromatic N) is 1. The standard InChI is InChI=1S/C12H15N3O2S3/c1-9-8-14-12(19-9)15-20(16,17)6-5-18-11-4-2-3-10(13)7-11/h2-4,7-8H,5-6,13H2,1H3,(H,14,15). The highest BCUT2D eigenvalue weighted by atomic mass is 32.2. The van der Waals surface area contributed by atoms with Crippen molar-refractivity contribution in [3.05, 3.63) is 35.3 Å². The Morgan fingerprint density at radius 2 is 2.25 bits per heavy atom. The summed E-state index contributed by atoms with van der Waals surface area (Å²) >= 11 is 2.78. The summed E-state index contributed by atoms with van der Waals surface area (Å²) in [6.45, 7) is 1.88. The molecule has 8 heteroatoms. The largest absolute Gasteiger partial charge is 0.399 e. The van der Waals surface area contributed by atoms with Gasteiger partial charge >= 0.3 is 0 Å². The molecule has 0 amide bonds. The molecule has 2 aromatic rings. The number of benzene rings is 1. The van der Waals surface area contributed by atoms with Gasteiger partial charge in [-0.1, -0.05) is 6.07 Å². The average molecular weight is 329 g/mol. The van der Waals surface area contributed by atoms with Crippen molar-refractivity contribution in [1.82, 2.24) is 4.98 Å². The number of aromatic nitrogens is 1. The zero-order chi connectivity index (χ0) is 14.6.